The first-order valence-electron chi connectivity index (χ1n) is 11.4. The number of nitrogens with zero attached hydrogens (tertiary/aromatic N) is 2. The van der Waals surface area contributed by atoms with Crippen molar-refractivity contribution in [2.45, 2.75) is 25.3 Å². The van der Waals surface area contributed by atoms with Crippen LogP contribution in [-0.4, -0.2) is 54.9 Å². The number of likely N-dealkylation sites (tertiary alicyclic amines) is 1. The number of benzene rings is 2. The van der Waals surface area contributed by atoms with Gasteiger partial charge in [0.25, 0.3) is 5.56 Å². The highest BCUT2D eigenvalue weighted by Gasteiger charge is 2.38. The molecule has 8 nitrogen and oxygen atoms in total. The number of aromatic amines is 1. The molecule has 34 heavy (non-hydrogen) atoms. The molecule has 0 amide bonds. The zero-order valence-electron chi connectivity index (χ0n) is 19.4. The number of hydrogen-bond donors (Lipinski definition) is 1. The van der Waals surface area contributed by atoms with Crippen LogP contribution in [0.25, 0.3) is 10.9 Å². The van der Waals surface area contributed by atoms with E-state index in [0.29, 0.717) is 40.8 Å². The molecule has 5 rings (SSSR count). The molecule has 0 unspecified atom stereocenters. The van der Waals surface area contributed by atoms with Crippen LogP contribution in [-0.2, 0) is 6.54 Å². The van der Waals surface area contributed by atoms with E-state index in [-0.39, 0.29) is 12.4 Å². The quantitative estimate of drug-likeness (QED) is 0.516. The Hall–Kier alpha value is -2.97. The fourth-order valence-electron chi connectivity index (χ4n) is 5.22. The van der Waals surface area contributed by atoms with Gasteiger partial charge in [-0.05, 0) is 37.1 Å². The molecule has 1 aromatic heterocycles. The molecule has 0 bridgehead atoms. The average molecular weight is 488 g/mol. The molecule has 9 heteroatoms. The van der Waals surface area contributed by atoms with Crippen LogP contribution in [0, 0.1) is 5.92 Å². The van der Waals surface area contributed by atoms with E-state index >= 15 is 0 Å². The molecule has 182 valence electrons. The van der Waals surface area contributed by atoms with Crippen molar-refractivity contribution >= 4 is 23.3 Å². The molecule has 0 saturated carbocycles. The minimum atomic E-state index is -0.422. The topological polar surface area (TPSA) is 85.8 Å². The number of rotatable bonds is 7. The van der Waals surface area contributed by atoms with Crippen molar-refractivity contribution in [1.82, 2.24) is 14.5 Å². The molecule has 1 saturated heterocycles. The normalized spacial score (nSPS) is 19.1. The monoisotopic (exact) mass is 487 g/mol. The fraction of sp³-hybridized carbons (Fsp3) is 0.440. The lowest BCUT2D eigenvalue weighted by molar-refractivity contribution is 0.212. The third-order valence-electron chi connectivity index (χ3n) is 6.90. The molecule has 2 aliphatic heterocycles. The van der Waals surface area contributed by atoms with Crippen LogP contribution in [0.4, 0.5) is 0 Å². The molecule has 2 atom stereocenters. The van der Waals surface area contributed by atoms with Crippen molar-refractivity contribution in [3.8, 4) is 17.2 Å². The Morgan fingerprint density at radius 1 is 1.03 bits per heavy atom. The molecular formula is C25H30ClN3O5. The van der Waals surface area contributed by atoms with Crippen molar-refractivity contribution in [3.05, 3.63) is 62.8 Å². The van der Waals surface area contributed by atoms with Crippen molar-refractivity contribution < 1.29 is 14.2 Å². The summed E-state index contributed by atoms with van der Waals surface area (Å²) in [7, 11) is 3.06. The van der Waals surface area contributed by atoms with Gasteiger partial charge in [-0.25, -0.2) is 4.79 Å². The summed E-state index contributed by atoms with van der Waals surface area (Å²) in [4.78, 5) is 29.8. The first kappa shape index (κ1) is 24.2. The van der Waals surface area contributed by atoms with E-state index in [2.05, 4.69) is 28.1 Å². The fourth-order valence-corrected chi connectivity index (χ4v) is 5.22. The highest BCUT2D eigenvalue weighted by atomic mass is 35.5. The number of para-hydroxylation sites is 1. The molecular weight excluding hydrogens is 458 g/mol. The maximum atomic E-state index is 12.6. The van der Waals surface area contributed by atoms with Crippen LogP contribution in [0.5, 0.6) is 17.2 Å². The number of unbranched alkanes of at least 4 members (excludes halogenated alkanes) is 1. The molecule has 3 heterocycles. The van der Waals surface area contributed by atoms with Crippen molar-refractivity contribution in [2.24, 2.45) is 5.92 Å². The first-order valence-corrected chi connectivity index (χ1v) is 11.4. The zero-order chi connectivity index (χ0) is 22.9. The Bertz CT molecular complexity index is 1290. The highest BCUT2D eigenvalue weighted by Crippen LogP contribution is 2.41. The van der Waals surface area contributed by atoms with Crippen molar-refractivity contribution in [2.75, 3.05) is 40.5 Å². The summed E-state index contributed by atoms with van der Waals surface area (Å²) in [6.45, 7) is 4.36. The van der Waals surface area contributed by atoms with Crippen LogP contribution in [0.2, 0.25) is 0 Å². The van der Waals surface area contributed by atoms with Gasteiger partial charge in [0.15, 0.2) is 11.5 Å². The van der Waals surface area contributed by atoms with Gasteiger partial charge in [0, 0.05) is 37.5 Å². The second-order valence-corrected chi connectivity index (χ2v) is 8.82. The second-order valence-electron chi connectivity index (χ2n) is 8.82. The molecule has 0 aliphatic carbocycles. The lowest BCUT2D eigenvalue weighted by Gasteiger charge is -2.27. The average Bonchev–Trinajstić information content (AvgIpc) is 3.26. The Kier molecular flexibility index (Phi) is 7.19. The first-order chi connectivity index (χ1) is 16.1. The van der Waals surface area contributed by atoms with E-state index in [1.165, 1.54) is 19.8 Å². The molecule has 2 aliphatic rings. The van der Waals surface area contributed by atoms with Gasteiger partial charge in [-0.3, -0.25) is 14.3 Å². The summed E-state index contributed by atoms with van der Waals surface area (Å²) in [6, 6.07) is 11.7. The zero-order valence-corrected chi connectivity index (χ0v) is 20.2. The summed E-state index contributed by atoms with van der Waals surface area (Å²) in [5.74, 6) is 3.04. The predicted molar refractivity (Wildman–Crippen MR) is 133 cm³/mol. The Morgan fingerprint density at radius 2 is 1.76 bits per heavy atom. The van der Waals surface area contributed by atoms with Crippen LogP contribution in [0.15, 0.2) is 46.0 Å². The van der Waals surface area contributed by atoms with Crippen LogP contribution < -0.4 is 25.5 Å². The number of aryl methyl sites for hydroxylation is 1. The summed E-state index contributed by atoms with van der Waals surface area (Å²) in [6.07, 6.45) is 1.79. The number of hydrogen-bond acceptors (Lipinski definition) is 6. The summed E-state index contributed by atoms with van der Waals surface area (Å²) >= 11 is 0. The Balaban J connectivity index is 0.00000274. The van der Waals surface area contributed by atoms with Gasteiger partial charge in [-0.15, -0.1) is 12.4 Å². The number of H-pyrrole nitrogens is 1. The molecule has 2 aromatic carbocycles. The van der Waals surface area contributed by atoms with Crippen LogP contribution in [0.1, 0.15) is 24.3 Å². The van der Waals surface area contributed by atoms with Gasteiger partial charge >= 0.3 is 5.69 Å². The molecule has 3 aromatic rings. The van der Waals surface area contributed by atoms with Gasteiger partial charge in [0.2, 0.25) is 0 Å². The van der Waals surface area contributed by atoms with E-state index in [1.807, 2.05) is 6.07 Å². The number of ether oxygens (including phenoxy) is 3. The molecule has 0 spiro atoms. The standard InChI is InChI=1S/C25H29N3O5.ClH/c1-31-22-11-18-20(12-23(22)32-2)28(25(30)26-24(18)29)10-6-5-9-27-13-16-15-33-21-8-4-3-7-17(21)19(16)14-27;/h3-4,7-8,11-12,16,19H,5-6,9-10,13-15H2,1-2H3,(H,26,29,30);1H/t16-,19-;/m1./s1. The minimum Gasteiger partial charge on any atom is -0.493 e. The number of methoxy groups -OCH3 is 2. The second kappa shape index (κ2) is 10.1. The Labute approximate surface area is 203 Å². The van der Waals surface area contributed by atoms with E-state index in [1.54, 1.807) is 16.7 Å². The maximum absolute atomic E-state index is 12.6. The van der Waals surface area contributed by atoms with Crippen LogP contribution >= 0.6 is 12.4 Å². The van der Waals surface area contributed by atoms with Gasteiger partial charge in [0.1, 0.15) is 5.75 Å². The molecule has 1 N–H and O–H groups in total. The van der Waals surface area contributed by atoms with Gasteiger partial charge < -0.3 is 19.1 Å². The molecule has 1 fully saturated rings. The largest absolute Gasteiger partial charge is 0.493 e. The van der Waals surface area contributed by atoms with E-state index in [9.17, 15) is 9.59 Å². The Morgan fingerprint density at radius 3 is 2.56 bits per heavy atom. The third-order valence-corrected chi connectivity index (χ3v) is 6.90. The predicted octanol–water partition coefficient (Wildman–Crippen LogP) is 3.02. The van der Waals surface area contributed by atoms with Gasteiger partial charge in [-0.1, -0.05) is 18.2 Å². The van der Waals surface area contributed by atoms with E-state index in [0.717, 1.165) is 44.8 Å². The van der Waals surface area contributed by atoms with Gasteiger partial charge in [-0.2, -0.15) is 0 Å². The minimum absolute atomic E-state index is 0. The maximum Gasteiger partial charge on any atom is 0.328 e. The van der Waals surface area contributed by atoms with Crippen molar-refractivity contribution in [1.29, 1.82) is 0 Å². The smallest absolute Gasteiger partial charge is 0.328 e. The number of nitrogens with one attached hydrogen (secondary N) is 1. The number of aromatic nitrogens is 2. The summed E-state index contributed by atoms with van der Waals surface area (Å²) < 4.78 is 18.3. The number of fused-ring (bicyclic) bond motifs is 4. The SMILES string of the molecule is COc1cc2c(=O)[nH]c(=O)n(CCCCN3C[C@@H]4COc5ccccc5[C@@H]4C3)c2cc1OC.Cl. The highest BCUT2D eigenvalue weighted by molar-refractivity contribution is 5.85. The summed E-state index contributed by atoms with van der Waals surface area (Å²) in [5, 5.41) is 0.412. The lowest BCUT2D eigenvalue weighted by atomic mass is 9.87. The van der Waals surface area contributed by atoms with Crippen LogP contribution in [0.3, 0.4) is 0 Å². The van der Waals surface area contributed by atoms with E-state index < -0.39 is 11.2 Å². The van der Waals surface area contributed by atoms with Gasteiger partial charge in [0.05, 0.1) is 31.7 Å². The lowest BCUT2D eigenvalue weighted by Crippen LogP contribution is -2.31. The summed E-state index contributed by atoms with van der Waals surface area (Å²) in [5.41, 5.74) is 1.06. The number of halogens is 1. The third kappa shape index (κ3) is 4.40. The van der Waals surface area contributed by atoms with Crippen molar-refractivity contribution in [3.63, 3.8) is 0 Å². The molecule has 0 radical (unpaired) electrons. The van der Waals surface area contributed by atoms with E-state index in [4.69, 9.17) is 14.2 Å².